The Hall–Kier alpha value is -2.19. The zero-order valence-electron chi connectivity index (χ0n) is 13.5. The lowest BCUT2D eigenvalue weighted by Gasteiger charge is -2.31. The molecule has 3 rings (SSSR count). The molecule has 130 valence electrons. The Kier molecular flexibility index (Phi) is 4.68. The molecule has 1 fully saturated rings. The number of H-pyrrole nitrogens is 1. The van der Waals surface area contributed by atoms with Gasteiger partial charge in [-0.3, -0.25) is 19.1 Å². The van der Waals surface area contributed by atoms with Crippen molar-refractivity contribution >= 4 is 5.97 Å². The van der Waals surface area contributed by atoms with E-state index in [0.717, 1.165) is 13.1 Å². The molecule has 0 aromatic carbocycles. The lowest BCUT2D eigenvalue weighted by Crippen LogP contribution is -2.40. The largest absolute Gasteiger partial charge is 0.481 e. The van der Waals surface area contributed by atoms with Crippen molar-refractivity contribution in [3.63, 3.8) is 0 Å². The summed E-state index contributed by atoms with van der Waals surface area (Å²) >= 11 is 0. The number of nitrogens with one attached hydrogen (secondary N) is 1. The van der Waals surface area contributed by atoms with Gasteiger partial charge in [0.15, 0.2) is 6.23 Å². The number of nitrogens with zero attached hydrogens (tertiary/aromatic N) is 2. The predicted octanol–water partition coefficient (Wildman–Crippen LogP) is 0.0952. The number of ether oxygens (including phenoxy) is 1. The second-order valence-electron chi connectivity index (χ2n) is 6.34. The van der Waals surface area contributed by atoms with Gasteiger partial charge in [-0.1, -0.05) is 6.08 Å². The topological polar surface area (TPSA) is 105 Å². The van der Waals surface area contributed by atoms with E-state index in [-0.39, 0.29) is 12.0 Å². The van der Waals surface area contributed by atoms with Crippen LogP contribution in [-0.4, -0.2) is 51.3 Å². The van der Waals surface area contributed by atoms with Crippen molar-refractivity contribution in [1.29, 1.82) is 0 Å². The summed E-state index contributed by atoms with van der Waals surface area (Å²) in [5.41, 5.74) is -0.440. The molecule has 0 saturated carbocycles. The number of carboxylic acids is 1. The van der Waals surface area contributed by atoms with Crippen LogP contribution in [0.5, 0.6) is 0 Å². The summed E-state index contributed by atoms with van der Waals surface area (Å²) in [7, 11) is 0. The third-order valence-corrected chi connectivity index (χ3v) is 4.60. The Balaban J connectivity index is 1.58. The molecule has 0 bridgehead atoms. The SMILES string of the molecule is Cc1cn([C@H]2C=C[C@@H](CN3CCC(C(=O)O)CC3)O2)c(=O)[nH]c1=O. The van der Waals surface area contributed by atoms with Gasteiger partial charge in [-0.05, 0) is 38.9 Å². The van der Waals surface area contributed by atoms with Crippen LogP contribution in [0.2, 0.25) is 0 Å². The van der Waals surface area contributed by atoms with Crippen LogP contribution in [0.3, 0.4) is 0 Å². The fraction of sp³-hybridized carbons (Fsp3) is 0.562. The first-order valence-electron chi connectivity index (χ1n) is 8.05. The average Bonchev–Trinajstić information content (AvgIpc) is 2.99. The van der Waals surface area contributed by atoms with Crippen LogP contribution < -0.4 is 11.2 Å². The van der Waals surface area contributed by atoms with Crippen LogP contribution in [-0.2, 0) is 9.53 Å². The third-order valence-electron chi connectivity index (χ3n) is 4.60. The zero-order chi connectivity index (χ0) is 17.3. The zero-order valence-corrected chi connectivity index (χ0v) is 13.5. The quantitative estimate of drug-likeness (QED) is 0.756. The summed E-state index contributed by atoms with van der Waals surface area (Å²) in [4.78, 5) is 38.8. The molecule has 2 aliphatic rings. The number of piperidine rings is 1. The molecular formula is C16H21N3O5. The molecule has 1 saturated heterocycles. The van der Waals surface area contributed by atoms with E-state index in [9.17, 15) is 14.4 Å². The standard InChI is InChI=1S/C16H21N3O5/c1-10-8-19(16(23)17-14(10)20)13-3-2-12(24-13)9-18-6-4-11(5-7-18)15(21)22/h2-3,8,11-13H,4-7,9H2,1H3,(H,21,22)(H,17,20,23)/t12-,13+/m0/s1. The van der Waals surface area contributed by atoms with E-state index >= 15 is 0 Å². The molecule has 2 aliphatic heterocycles. The maximum absolute atomic E-state index is 11.9. The summed E-state index contributed by atoms with van der Waals surface area (Å²) in [6, 6.07) is 0. The Morgan fingerprint density at radius 1 is 1.33 bits per heavy atom. The number of aryl methyl sites for hydroxylation is 1. The molecule has 3 heterocycles. The second-order valence-corrected chi connectivity index (χ2v) is 6.34. The van der Waals surface area contributed by atoms with Crippen molar-refractivity contribution in [2.75, 3.05) is 19.6 Å². The van der Waals surface area contributed by atoms with Crippen LogP contribution in [0.4, 0.5) is 0 Å². The number of hydrogen-bond donors (Lipinski definition) is 2. The van der Waals surface area contributed by atoms with Crippen LogP contribution in [0.15, 0.2) is 27.9 Å². The normalized spacial score (nSPS) is 25.2. The van der Waals surface area contributed by atoms with Crippen LogP contribution in [0, 0.1) is 12.8 Å². The molecule has 0 unspecified atom stereocenters. The van der Waals surface area contributed by atoms with E-state index in [4.69, 9.17) is 9.84 Å². The first-order valence-corrected chi connectivity index (χ1v) is 8.05. The highest BCUT2D eigenvalue weighted by Crippen LogP contribution is 2.23. The van der Waals surface area contributed by atoms with E-state index in [0.29, 0.717) is 24.9 Å². The number of likely N-dealkylation sites (tertiary alicyclic amines) is 1. The summed E-state index contributed by atoms with van der Waals surface area (Å²) < 4.78 is 7.24. The van der Waals surface area contributed by atoms with Gasteiger partial charge in [0.1, 0.15) is 0 Å². The van der Waals surface area contributed by atoms with Gasteiger partial charge in [0.2, 0.25) is 0 Å². The minimum Gasteiger partial charge on any atom is -0.481 e. The molecule has 8 nitrogen and oxygen atoms in total. The van der Waals surface area contributed by atoms with Crippen molar-refractivity contribution in [2.45, 2.75) is 32.1 Å². The molecule has 1 aromatic rings. The molecular weight excluding hydrogens is 314 g/mol. The molecule has 0 aliphatic carbocycles. The van der Waals surface area contributed by atoms with Crippen LogP contribution in [0.25, 0.3) is 0 Å². The van der Waals surface area contributed by atoms with Crippen molar-refractivity contribution in [3.8, 4) is 0 Å². The Morgan fingerprint density at radius 2 is 2.04 bits per heavy atom. The van der Waals surface area contributed by atoms with Crippen molar-refractivity contribution in [1.82, 2.24) is 14.5 Å². The average molecular weight is 335 g/mol. The number of aromatic nitrogens is 2. The van der Waals surface area contributed by atoms with Gasteiger partial charge in [0.25, 0.3) is 5.56 Å². The maximum Gasteiger partial charge on any atom is 0.330 e. The lowest BCUT2D eigenvalue weighted by molar-refractivity contribution is -0.143. The monoisotopic (exact) mass is 335 g/mol. The lowest BCUT2D eigenvalue weighted by atomic mass is 9.97. The predicted molar refractivity (Wildman–Crippen MR) is 85.9 cm³/mol. The van der Waals surface area contributed by atoms with Gasteiger partial charge in [0, 0.05) is 18.3 Å². The molecule has 2 atom stereocenters. The summed E-state index contributed by atoms with van der Waals surface area (Å²) in [6.45, 7) is 3.76. The van der Waals surface area contributed by atoms with Crippen molar-refractivity contribution < 1.29 is 14.6 Å². The van der Waals surface area contributed by atoms with Gasteiger partial charge < -0.3 is 14.7 Å². The number of aliphatic carboxylic acids is 1. The highest BCUT2D eigenvalue weighted by Gasteiger charge is 2.28. The first kappa shape index (κ1) is 16.7. The minimum atomic E-state index is -0.723. The van der Waals surface area contributed by atoms with Crippen LogP contribution >= 0.6 is 0 Å². The van der Waals surface area contributed by atoms with Crippen LogP contribution in [0.1, 0.15) is 24.6 Å². The number of rotatable bonds is 4. The van der Waals surface area contributed by atoms with E-state index in [1.54, 1.807) is 13.0 Å². The summed E-state index contributed by atoms with van der Waals surface area (Å²) in [5, 5.41) is 9.03. The molecule has 0 radical (unpaired) electrons. The summed E-state index contributed by atoms with van der Waals surface area (Å²) in [5.74, 6) is -0.976. The van der Waals surface area contributed by atoms with Gasteiger partial charge in [-0.15, -0.1) is 0 Å². The Labute approximate surface area is 138 Å². The minimum absolute atomic E-state index is 0.157. The third kappa shape index (κ3) is 3.49. The molecule has 8 heteroatoms. The number of carbonyl (C=O) groups is 1. The number of aromatic amines is 1. The Bertz CT molecular complexity index is 758. The van der Waals surface area contributed by atoms with E-state index in [1.165, 1.54) is 10.8 Å². The summed E-state index contributed by atoms with van der Waals surface area (Å²) in [6.07, 6.45) is 5.80. The molecule has 24 heavy (non-hydrogen) atoms. The van der Waals surface area contributed by atoms with Crippen molar-refractivity contribution in [2.24, 2.45) is 5.92 Å². The first-order chi connectivity index (χ1) is 11.4. The smallest absolute Gasteiger partial charge is 0.330 e. The van der Waals surface area contributed by atoms with Gasteiger partial charge in [-0.2, -0.15) is 0 Å². The molecule has 0 spiro atoms. The van der Waals surface area contributed by atoms with Crippen molar-refractivity contribution in [3.05, 3.63) is 44.8 Å². The maximum atomic E-state index is 11.9. The van der Waals surface area contributed by atoms with Gasteiger partial charge in [0.05, 0.1) is 12.0 Å². The fourth-order valence-corrected chi connectivity index (χ4v) is 3.14. The van der Waals surface area contributed by atoms with Gasteiger partial charge >= 0.3 is 11.7 Å². The fourth-order valence-electron chi connectivity index (χ4n) is 3.14. The van der Waals surface area contributed by atoms with E-state index in [2.05, 4.69) is 9.88 Å². The van der Waals surface area contributed by atoms with E-state index in [1.807, 2.05) is 6.08 Å². The molecule has 2 N–H and O–H groups in total. The molecule has 1 aromatic heterocycles. The second kappa shape index (κ2) is 6.74. The van der Waals surface area contributed by atoms with Gasteiger partial charge in [-0.25, -0.2) is 4.79 Å². The van der Waals surface area contributed by atoms with E-state index < -0.39 is 23.4 Å². The number of carboxylic acid groups (broad SMARTS) is 1. The number of hydrogen-bond acceptors (Lipinski definition) is 5. The highest BCUT2D eigenvalue weighted by atomic mass is 16.5. The highest BCUT2D eigenvalue weighted by molar-refractivity contribution is 5.70. The Morgan fingerprint density at radius 3 is 2.71 bits per heavy atom. The molecule has 0 amide bonds.